The smallest absolute Gasteiger partial charge is 0.198 e. The predicted octanol–water partition coefficient (Wildman–Crippen LogP) is 3.64. The fourth-order valence-electron chi connectivity index (χ4n) is 1.54. The Morgan fingerprint density at radius 2 is 1.81 bits per heavy atom. The van der Waals surface area contributed by atoms with Gasteiger partial charge in [-0.05, 0) is 24.3 Å². The van der Waals surface area contributed by atoms with Crippen LogP contribution in [0.5, 0.6) is 11.5 Å². The Kier molecular flexibility index (Phi) is 4.23. The van der Waals surface area contributed by atoms with Crippen molar-refractivity contribution < 1.29 is 23.1 Å². The molecule has 0 atom stereocenters. The third-order valence-electron chi connectivity index (χ3n) is 2.53. The van der Waals surface area contributed by atoms with Crippen LogP contribution in [0.2, 0.25) is 5.02 Å². The van der Waals surface area contributed by atoms with Crippen LogP contribution < -0.4 is 10.5 Å². The molecule has 0 saturated carbocycles. The summed E-state index contributed by atoms with van der Waals surface area (Å²) in [5, 5.41) is 10.8. The average molecular weight is 317 g/mol. The normalized spacial score (nSPS) is 11.5. The Morgan fingerprint density at radius 1 is 1.19 bits per heavy atom. The first kappa shape index (κ1) is 15.0. The number of hydrogen-bond donors (Lipinski definition) is 2. The van der Waals surface area contributed by atoms with Gasteiger partial charge >= 0.3 is 0 Å². The van der Waals surface area contributed by atoms with E-state index in [1.165, 1.54) is 12.1 Å². The molecule has 0 unspecified atom stereocenters. The van der Waals surface area contributed by atoms with Crippen LogP contribution in [0.1, 0.15) is 5.56 Å². The zero-order valence-corrected chi connectivity index (χ0v) is 11.0. The van der Waals surface area contributed by atoms with Crippen molar-refractivity contribution in [3.63, 3.8) is 0 Å². The molecule has 4 nitrogen and oxygen atoms in total. The largest absolute Gasteiger partial charge is 0.448 e. The number of ether oxygens (including phenoxy) is 1. The number of nitrogens with zero attached hydrogens (tertiary/aromatic N) is 1. The van der Waals surface area contributed by atoms with Crippen molar-refractivity contribution in [1.82, 2.24) is 0 Å². The van der Waals surface area contributed by atoms with Crippen molar-refractivity contribution in [3.8, 4) is 11.5 Å². The van der Waals surface area contributed by atoms with Crippen LogP contribution >= 0.6 is 11.6 Å². The molecule has 2 rings (SSSR count). The minimum atomic E-state index is -1.14. The van der Waals surface area contributed by atoms with Gasteiger partial charge < -0.3 is 15.7 Å². The summed E-state index contributed by atoms with van der Waals surface area (Å²) in [6, 6.07) is 5.36. The molecule has 0 heterocycles. The van der Waals surface area contributed by atoms with E-state index in [-0.39, 0.29) is 10.6 Å². The van der Waals surface area contributed by atoms with Gasteiger partial charge in [-0.25, -0.2) is 13.2 Å². The van der Waals surface area contributed by atoms with E-state index in [1.807, 2.05) is 0 Å². The Bertz CT molecular complexity index is 700. The van der Waals surface area contributed by atoms with Gasteiger partial charge in [-0.15, -0.1) is 0 Å². The number of benzene rings is 2. The molecule has 0 amide bonds. The molecular formula is C13H8ClF3N2O2. The number of amidine groups is 1. The second-order valence-electron chi connectivity index (χ2n) is 3.91. The summed E-state index contributed by atoms with van der Waals surface area (Å²) in [6.07, 6.45) is 0. The van der Waals surface area contributed by atoms with E-state index >= 15 is 0 Å². The molecule has 3 N–H and O–H groups in total. The molecule has 0 aliphatic carbocycles. The monoisotopic (exact) mass is 316 g/mol. The van der Waals surface area contributed by atoms with Crippen LogP contribution in [0.25, 0.3) is 0 Å². The maximum absolute atomic E-state index is 13.8. The molecule has 2 aromatic rings. The molecule has 0 aliphatic rings. The van der Waals surface area contributed by atoms with Gasteiger partial charge in [0.1, 0.15) is 0 Å². The topological polar surface area (TPSA) is 67.8 Å². The average Bonchev–Trinajstić information content (AvgIpc) is 2.46. The maximum Gasteiger partial charge on any atom is 0.198 e. The summed E-state index contributed by atoms with van der Waals surface area (Å²) in [6.45, 7) is 0. The molecule has 0 aromatic heterocycles. The Labute approximate surface area is 122 Å². The second kappa shape index (κ2) is 5.92. The molecule has 0 spiro atoms. The highest BCUT2D eigenvalue weighted by Gasteiger charge is 2.17. The van der Waals surface area contributed by atoms with Crippen molar-refractivity contribution in [1.29, 1.82) is 0 Å². The minimum absolute atomic E-state index is 0.189. The number of rotatable bonds is 3. The van der Waals surface area contributed by atoms with E-state index < -0.39 is 34.8 Å². The van der Waals surface area contributed by atoms with Crippen molar-refractivity contribution in [2.45, 2.75) is 0 Å². The van der Waals surface area contributed by atoms with Crippen LogP contribution in [-0.4, -0.2) is 11.0 Å². The zero-order chi connectivity index (χ0) is 15.6. The summed E-state index contributed by atoms with van der Waals surface area (Å²) in [4.78, 5) is 0. The SMILES string of the molecule is N/C(=N/O)c1cc(F)c(Oc2cccc(Cl)c2F)c(F)c1. The molecule has 21 heavy (non-hydrogen) atoms. The first-order valence-electron chi connectivity index (χ1n) is 5.53. The van der Waals surface area contributed by atoms with Gasteiger partial charge in [-0.3, -0.25) is 0 Å². The summed E-state index contributed by atoms with van der Waals surface area (Å²) >= 11 is 5.54. The van der Waals surface area contributed by atoms with Crippen molar-refractivity contribution >= 4 is 17.4 Å². The van der Waals surface area contributed by atoms with Crippen molar-refractivity contribution in [3.05, 3.63) is 58.4 Å². The van der Waals surface area contributed by atoms with E-state index in [0.717, 1.165) is 18.2 Å². The number of oxime groups is 1. The molecule has 0 saturated heterocycles. The van der Waals surface area contributed by atoms with E-state index in [4.69, 9.17) is 27.3 Å². The summed E-state index contributed by atoms with van der Waals surface area (Å²) < 4.78 is 46.1. The molecule has 8 heteroatoms. The minimum Gasteiger partial charge on any atom is -0.448 e. The van der Waals surface area contributed by atoms with Crippen LogP contribution in [0.15, 0.2) is 35.5 Å². The van der Waals surface area contributed by atoms with Gasteiger partial charge in [-0.1, -0.05) is 22.8 Å². The number of halogens is 4. The summed E-state index contributed by atoms with van der Waals surface area (Å²) in [5.74, 6) is -4.97. The van der Waals surface area contributed by atoms with Crippen LogP contribution in [0.4, 0.5) is 13.2 Å². The fourth-order valence-corrected chi connectivity index (χ4v) is 1.70. The zero-order valence-electron chi connectivity index (χ0n) is 10.3. The lowest BCUT2D eigenvalue weighted by Crippen LogP contribution is -2.14. The number of nitrogens with two attached hydrogens (primary N) is 1. The molecule has 0 radical (unpaired) electrons. The molecule has 0 bridgehead atoms. The van der Waals surface area contributed by atoms with Crippen LogP contribution in [0.3, 0.4) is 0 Å². The van der Waals surface area contributed by atoms with E-state index in [2.05, 4.69) is 5.16 Å². The van der Waals surface area contributed by atoms with Gasteiger partial charge in [0.25, 0.3) is 0 Å². The lowest BCUT2D eigenvalue weighted by Gasteiger charge is -2.10. The summed E-state index contributed by atoms with van der Waals surface area (Å²) in [5.41, 5.74) is 5.04. The Hall–Kier alpha value is -2.41. The fraction of sp³-hybridized carbons (Fsp3) is 0. The maximum atomic E-state index is 13.8. The quantitative estimate of drug-likeness (QED) is 0.393. The highest BCUT2D eigenvalue weighted by Crippen LogP contribution is 2.32. The lowest BCUT2D eigenvalue weighted by molar-refractivity contribution is 0.318. The Balaban J connectivity index is 2.44. The molecule has 0 fully saturated rings. The lowest BCUT2D eigenvalue weighted by atomic mass is 10.2. The van der Waals surface area contributed by atoms with Gasteiger partial charge in [-0.2, -0.15) is 0 Å². The van der Waals surface area contributed by atoms with Gasteiger partial charge in [0, 0.05) is 5.56 Å². The first-order chi connectivity index (χ1) is 9.93. The number of hydrogen-bond acceptors (Lipinski definition) is 3. The standard InChI is InChI=1S/C13H8ClF3N2O2/c14-7-2-1-3-10(11(7)17)21-12-8(15)4-6(5-9(12)16)13(18)19-20/h1-5,20H,(H2,18,19). The van der Waals surface area contributed by atoms with Gasteiger partial charge in [0.15, 0.2) is 34.8 Å². The highest BCUT2D eigenvalue weighted by molar-refractivity contribution is 6.30. The van der Waals surface area contributed by atoms with E-state index in [1.54, 1.807) is 0 Å². The van der Waals surface area contributed by atoms with Crippen LogP contribution in [-0.2, 0) is 0 Å². The summed E-state index contributed by atoms with van der Waals surface area (Å²) in [7, 11) is 0. The van der Waals surface area contributed by atoms with Crippen molar-refractivity contribution in [2.75, 3.05) is 0 Å². The van der Waals surface area contributed by atoms with E-state index in [0.29, 0.717) is 0 Å². The Morgan fingerprint density at radius 3 is 2.38 bits per heavy atom. The highest BCUT2D eigenvalue weighted by atomic mass is 35.5. The third-order valence-corrected chi connectivity index (χ3v) is 2.82. The first-order valence-corrected chi connectivity index (χ1v) is 5.90. The van der Waals surface area contributed by atoms with Crippen molar-refractivity contribution in [2.24, 2.45) is 10.9 Å². The van der Waals surface area contributed by atoms with Gasteiger partial charge in [0.05, 0.1) is 5.02 Å². The molecule has 2 aromatic carbocycles. The second-order valence-corrected chi connectivity index (χ2v) is 4.32. The third kappa shape index (κ3) is 3.03. The van der Waals surface area contributed by atoms with Gasteiger partial charge in [0.2, 0.25) is 0 Å². The molecule has 110 valence electrons. The van der Waals surface area contributed by atoms with E-state index in [9.17, 15) is 13.2 Å². The predicted molar refractivity (Wildman–Crippen MR) is 70.4 cm³/mol. The molecule has 0 aliphatic heterocycles. The molecular weight excluding hydrogens is 309 g/mol. The van der Waals surface area contributed by atoms with Crippen LogP contribution in [0, 0.1) is 17.5 Å².